The van der Waals surface area contributed by atoms with Crippen molar-refractivity contribution in [2.45, 2.75) is 53.5 Å². The highest BCUT2D eigenvalue weighted by atomic mass is 16.6. The van der Waals surface area contributed by atoms with E-state index in [1.54, 1.807) is 23.9 Å². The van der Waals surface area contributed by atoms with Crippen molar-refractivity contribution in [3.05, 3.63) is 86.7 Å². The monoisotopic (exact) mass is 488 g/mol. The van der Waals surface area contributed by atoms with E-state index in [1.807, 2.05) is 44.2 Å². The second-order valence-electron chi connectivity index (χ2n) is 10.8. The lowest BCUT2D eigenvalue weighted by molar-refractivity contribution is -0.384. The number of carbonyl (C=O) groups is 2. The molecular weight excluding hydrogens is 456 g/mol. The van der Waals surface area contributed by atoms with Crippen LogP contribution in [0.4, 0.5) is 5.69 Å². The number of rotatable bonds is 7. The molecule has 1 amide bonds. The molecule has 1 aliphatic carbocycles. The van der Waals surface area contributed by atoms with E-state index in [0.717, 1.165) is 5.56 Å². The molecule has 1 heterocycles. The Morgan fingerprint density at radius 2 is 1.86 bits per heavy atom. The van der Waals surface area contributed by atoms with Crippen LogP contribution in [0.1, 0.15) is 71.8 Å². The van der Waals surface area contributed by atoms with Crippen LogP contribution in [0, 0.1) is 21.4 Å². The molecule has 0 saturated carbocycles. The Hall–Kier alpha value is -3.81. The van der Waals surface area contributed by atoms with Gasteiger partial charge in [0.05, 0.1) is 21.9 Å². The molecule has 3 aromatic rings. The first kappa shape index (κ1) is 25.3. The van der Waals surface area contributed by atoms with E-state index < -0.39 is 4.92 Å². The van der Waals surface area contributed by atoms with Crippen LogP contribution in [0.15, 0.2) is 48.5 Å². The Labute approximate surface area is 211 Å². The highest BCUT2D eigenvalue weighted by molar-refractivity contribution is 6.00. The minimum Gasteiger partial charge on any atom is -0.337 e. The number of carbonyl (C=O) groups excluding carboxylic acids is 2. The Kier molecular flexibility index (Phi) is 6.80. The van der Waals surface area contributed by atoms with E-state index in [9.17, 15) is 19.7 Å². The van der Waals surface area contributed by atoms with Gasteiger partial charge in [0.2, 0.25) is 0 Å². The molecule has 0 radical (unpaired) electrons. The van der Waals surface area contributed by atoms with Gasteiger partial charge >= 0.3 is 0 Å². The summed E-state index contributed by atoms with van der Waals surface area (Å²) in [6.45, 7) is 8.53. The standard InChI is InChI=1S/C28H32N4O4/c1-18(2)13-21-26-24(15-28(3,4)16-25(26)33)31(29-21)22-12-11-20(14-23(22)32(35)36)27(34)30(5)17-19-9-7-6-8-10-19/h6-12,14,18H,13,15-17H2,1-5H3. The van der Waals surface area contributed by atoms with Crippen LogP contribution in [-0.2, 0) is 19.4 Å². The smallest absolute Gasteiger partial charge is 0.295 e. The fourth-order valence-electron chi connectivity index (χ4n) is 4.89. The van der Waals surface area contributed by atoms with Gasteiger partial charge in [-0.2, -0.15) is 5.10 Å². The number of benzene rings is 2. The van der Waals surface area contributed by atoms with E-state index in [2.05, 4.69) is 13.8 Å². The summed E-state index contributed by atoms with van der Waals surface area (Å²) in [4.78, 5) is 39.4. The molecule has 0 saturated heterocycles. The SMILES string of the molecule is CC(C)Cc1nn(-c2ccc(C(=O)N(C)Cc3ccccc3)cc2[N+](=O)[O-])c2c1C(=O)CC(C)(C)C2. The maximum absolute atomic E-state index is 13.1. The molecule has 0 N–H and O–H groups in total. The predicted octanol–water partition coefficient (Wildman–Crippen LogP) is 5.41. The van der Waals surface area contributed by atoms with Gasteiger partial charge in [-0.25, -0.2) is 4.68 Å². The lowest BCUT2D eigenvalue weighted by Crippen LogP contribution is -2.28. The van der Waals surface area contributed by atoms with E-state index >= 15 is 0 Å². The molecule has 4 rings (SSSR count). The number of amides is 1. The average molecular weight is 489 g/mol. The Morgan fingerprint density at radius 3 is 2.50 bits per heavy atom. The minimum atomic E-state index is -0.491. The zero-order chi connectivity index (χ0) is 26.2. The zero-order valence-corrected chi connectivity index (χ0v) is 21.4. The van der Waals surface area contributed by atoms with Crippen LogP contribution in [0.2, 0.25) is 0 Å². The Balaban J connectivity index is 1.76. The first-order chi connectivity index (χ1) is 17.0. The predicted molar refractivity (Wildman–Crippen MR) is 137 cm³/mol. The van der Waals surface area contributed by atoms with E-state index in [1.165, 1.54) is 11.0 Å². The summed E-state index contributed by atoms with van der Waals surface area (Å²) in [5.74, 6) is -0.0109. The molecule has 1 aromatic heterocycles. The molecule has 0 spiro atoms. The van der Waals surface area contributed by atoms with Crippen LogP contribution in [0.3, 0.4) is 0 Å². The van der Waals surface area contributed by atoms with Crippen LogP contribution in [0.5, 0.6) is 0 Å². The number of nitrogens with zero attached hydrogens (tertiary/aromatic N) is 4. The first-order valence-corrected chi connectivity index (χ1v) is 12.2. The molecule has 0 aliphatic heterocycles. The molecule has 188 valence electrons. The van der Waals surface area contributed by atoms with Crippen molar-refractivity contribution in [1.82, 2.24) is 14.7 Å². The van der Waals surface area contributed by atoms with Crippen molar-refractivity contribution in [3.63, 3.8) is 0 Å². The number of nitro benzene ring substituents is 1. The minimum absolute atomic E-state index is 0.0279. The van der Waals surface area contributed by atoms with Gasteiger partial charge in [0.25, 0.3) is 11.6 Å². The quantitative estimate of drug-likeness (QED) is 0.327. The maximum Gasteiger partial charge on any atom is 0.295 e. The van der Waals surface area contributed by atoms with Crippen LogP contribution in [-0.4, -0.2) is 38.3 Å². The van der Waals surface area contributed by atoms with Crippen LogP contribution >= 0.6 is 0 Å². The van der Waals surface area contributed by atoms with Crippen molar-refractivity contribution in [1.29, 1.82) is 0 Å². The number of fused-ring (bicyclic) bond motifs is 1. The van der Waals surface area contributed by atoms with Crippen molar-refractivity contribution in [2.75, 3.05) is 7.05 Å². The van der Waals surface area contributed by atoms with Gasteiger partial charge in [0.15, 0.2) is 5.78 Å². The second kappa shape index (κ2) is 9.68. The molecule has 0 unspecified atom stereocenters. The lowest BCUT2D eigenvalue weighted by atomic mass is 9.75. The molecule has 0 atom stereocenters. The Morgan fingerprint density at radius 1 is 1.17 bits per heavy atom. The van der Waals surface area contributed by atoms with Crippen molar-refractivity contribution >= 4 is 17.4 Å². The lowest BCUT2D eigenvalue weighted by Gasteiger charge is -2.29. The first-order valence-electron chi connectivity index (χ1n) is 12.2. The van der Waals surface area contributed by atoms with Crippen molar-refractivity contribution < 1.29 is 14.5 Å². The molecule has 0 fully saturated rings. The van der Waals surface area contributed by atoms with Gasteiger partial charge in [0.1, 0.15) is 5.69 Å². The normalized spacial score (nSPS) is 14.6. The van der Waals surface area contributed by atoms with Gasteiger partial charge in [-0.1, -0.05) is 58.0 Å². The summed E-state index contributed by atoms with van der Waals surface area (Å²) in [5.41, 5.74) is 2.94. The summed E-state index contributed by atoms with van der Waals surface area (Å²) in [6, 6.07) is 14.0. The Bertz CT molecular complexity index is 1320. The van der Waals surface area contributed by atoms with Gasteiger partial charge in [0, 0.05) is 31.6 Å². The highest BCUT2D eigenvalue weighted by Gasteiger charge is 2.37. The molecule has 36 heavy (non-hydrogen) atoms. The summed E-state index contributed by atoms with van der Waals surface area (Å²) in [7, 11) is 1.67. The van der Waals surface area contributed by atoms with Crippen molar-refractivity contribution in [3.8, 4) is 5.69 Å². The van der Waals surface area contributed by atoms with Gasteiger partial charge in [-0.3, -0.25) is 19.7 Å². The molecular formula is C28H32N4O4. The van der Waals surface area contributed by atoms with Crippen LogP contribution < -0.4 is 0 Å². The van der Waals surface area contributed by atoms with Crippen LogP contribution in [0.25, 0.3) is 5.69 Å². The maximum atomic E-state index is 13.1. The number of nitro groups is 1. The number of Topliss-reactive ketones (excluding diaryl/α,β-unsaturated/α-hetero) is 1. The molecule has 8 heteroatoms. The summed E-state index contributed by atoms with van der Waals surface area (Å²) >= 11 is 0. The molecule has 2 aromatic carbocycles. The highest BCUT2D eigenvalue weighted by Crippen LogP contribution is 2.39. The average Bonchev–Trinajstić information content (AvgIpc) is 3.14. The topological polar surface area (TPSA) is 98.3 Å². The second-order valence-corrected chi connectivity index (χ2v) is 10.8. The number of hydrogen-bond donors (Lipinski definition) is 0. The van der Waals surface area contributed by atoms with Gasteiger partial charge < -0.3 is 4.90 Å². The third kappa shape index (κ3) is 5.08. The fourth-order valence-corrected chi connectivity index (χ4v) is 4.89. The summed E-state index contributed by atoms with van der Waals surface area (Å²) in [6.07, 6.45) is 1.60. The third-order valence-corrected chi connectivity index (χ3v) is 6.48. The van der Waals surface area contributed by atoms with Crippen molar-refractivity contribution in [2.24, 2.45) is 11.3 Å². The number of aromatic nitrogens is 2. The van der Waals surface area contributed by atoms with Gasteiger partial charge in [-0.15, -0.1) is 0 Å². The fraction of sp³-hybridized carbons (Fsp3) is 0.393. The van der Waals surface area contributed by atoms with E-state index in [4.69, 9.17) is 5.10 Å². The van der Waals surface area contributed by atoms with Gasteiger partial charge in [-0.05, 0) is 41.9 Å². The van der Waals surface area contributed by atoms with E-state index in [-0.39, 0.29) is 40.0 Å². The molecule has 1 aliphatic rings. The summed E-state index contributed by atoms with van der Waals surface area (Å²) < 4.78 is 1.56. The third-order valence-electron chi connectivity index (χ3n) is 6.48. The van der Waals surface area contributed by atoms with E-state index in [0.29, 0.717) is 42.8 Å². The molecule has 8 nitrogen and oxygen atoms in total. The molecule has 0 bridgehead atoms. The summed E-state index contributed by atoms with van der Waals surface area (Å²) in [5, 5.41) is 16.9. The zero-order valence-electron chi connectivity index (χ0n) is 21.4. The number of ketones is 1. The number of hydrogen-bond acceptors (Lipinski definition) is 5. The largest absolute Gasteiger partial charge is 0.337 e.